The lowest BCUT2D eigenvalue weighted by atomic mass is 9.90. The molecule has 1 aliphatic rings. The molecule has 0 radical (unpaired) electrons. The first-order valence-electron chi connectivity index (χ1n) is 11.0. The van der Waals surface area contributed by atoms with E-state index in [1.807, 2.05) is 58.0 Å². The van der Waals surface area contributed by atoms with Crippen molar-refractivity contribution in [3.8, 4) is 5.75 Å². The second-order valence-electron chi connectivity index (χ2n) is 9.50. The summed E-state index contributed by atoms with van der Waals surface area (Å²) in [5.74, 6) is -1.12. The van der Waals surface area contributed by atoms with E-state index in [1.165, 1.54) is 19.1 Å². The summed E-state index contributed by atoms with van der Waals surface area (Å²) >= 11 is 0. The van der Waals surface area contributed by atoms with Gasteiger partial charge in [0.2, 0.25) is 11.8 Å². The summed E-state index contributed by atoms with van der Waals surface area (Å²) in [4.78, 5) is 53.6. The van der Waals surface area contributed by atoms with Gasteiger partial charge in [0, 0.05) is 13.3 Å². The first-order valence-corrected chi connectivity index (χ1v) is 11.0. The molecule has 2 atom stereocenters. The summed E-state index contributed by atoms with van der Waals surface area (Å²) in [5.41, 5.74) is 0.993. The van der Waals surface area contributed by atoms with Crippen LogP contribution < -0.4 is 9.64 Å². The molecule has 0 aromatic heterocycles. The predicted octanol–water partition coefficient (Wildman–Crippen LogP) is 4.27. The van der Waals surface area contributed by atoms with Crippen molar-refractivity contribution in [2.45, 2.75) is 59.5 Å². The minimum absolute atomic E-state index is 0.0857. The molecule has 174 valence electrons. The summed E-state index contributed by atoms with van der Waals surface area (Å²) in [7, 11) is 0. The van der Waals surface area contributed by atoms with Gasteiger partial charge in [-0.2, -0.15) is 0 Å². The third kappa shape index (κ3) is 5.66. The van der Waals surface area contributed by atoms with E-state index in [1.54, 1.807) is 17.0 Å². The highest BCUT2D eigenvalue weighted by Crippen LogP contribution is 2.34. The highest BCUT2D eigenvalue weighted by molar-refractivity contribution is 6.23. The lowest BCUT2D eigenvalue weighted by Crippen LogP contribution is -2.47. The quantitative estimate of drug-likeness (QED) is 0.373. The third-order valence-corrected chi connectivity index (χ3v) is 5.48. The Bertz CT molecular complexity index is 1040. The zero-order valence-corrected chi connectivity index (χ0v) is 19.7. The molecule has 0 N–H and O–H groups in total. The minimum atomic E-state index is -0.893. The van der Waals surface area contributed by atoms with Crippen molar-refractivity contribution in [2.24, 2.45) is 5.41 Å². The van der Waals surface area contributed by atoms with E-state index < -0.39 is 17.9 Å². The first kappa shape index (κ1) is 24.2. The Balaban J connectivity index is 1.92. The maximum absolute atomic E-state index is 13.5. The Morgan fingerprint density at radius 3 is 2.21 bits per heavy atom. The van der Waals surface area contributed by atoms with Gasteiger partial charge in [0.15, 0.2) is 0 Å². The Kier molecular flexibility index (Phi) is 7.01. The van der Waals surface area contributed by atoms with Crippen LogP contribution in [0, 0.1) is 5.41 Å². The summed E-state index contributed by atoms with van der Waals surface area (Å²) in [6, 6.07) is 14.4. The van der Waals surface area contributed by atoms with E-state index in [9.17, 15) is 19.2 Å². The summed E-state index contributed by atoms with van der Waals surface area (Å²) in [5, 5.41) is 0. The molecule has 1 aliphatic heterocycles. The number of amides is 3. The molecule has 0 spiro atoms. The lowest BCUT2D eigenvalue weighted by Gasteiger charge is -2.35. The van der Waals surface area contributed by atoms with Gasteiger partial charge in [0.05, 0.1) is 18.2 Å². The monoisotopic (exact) mass is 450 g/mol. The zero-order chi connectivity index (χ0) is 24.3. The molecular weight excluding hydrogens is 420 g/mol. The molecule has 2 unspecified atom stereocenters. The Morgan fingerprint density at radius 1 is 1.06 bits per heavy atom. The van der Waals surface area contributed by atoms with E-state index >= 15 is 0 Å². The molecule has 7 heteroatoms. The Hall–Kier alpha value is -3.48. The largest absolute Gasteiger partial charge is 0.427 e. The van der Waals surface area contributed by atoms with Crippen LogP contribution in [0.4, 0.5) is 5.69 Å². The SMILES string of the molecule is CC(=O)Oc1ccc(N2C(=O)CC(N(C(=O)CC(C)(C)C)C(C)c3ccccc3)C2=O)cc1. The molecule has 0 aliphatic carbocycles. The van der Waals surface area contributed by atoms with Crippen LogP contribution in [0.15, 0.2) is 54.6 Å². The molecule has 1 heterocycles. The van der Waals surface area contributed by atoms with E-state index in [4.69, 9.17) is 4.74 Å². The number of esters is 1. The van der Waals surface area contributed by atoms with Gasteiger partial charge in [0.25, 0.3) is 5.91 Å². The van der Waals surface area contributed by atoms with Crippen LogP contribution in [0.2, 0.25) is 0 Å². The van der Waals surface area contributed by atoms with E-state index in [0.717, 1.165) is 10.5 Å². The van der Waals surface area contributed by atoms with Crippen molar-refractivity contribution in [3.63, 3.8) is 0 Å². The fourth-order valence-corrected chi connectivity index (χ4v) is 4.03. The smallest absolute Gasteiger partial charge is 0.308 e. The van der Waals surface area contributed by atoms with E-state index in [-0.39, 0.29) is 36.1 Å². The molecule has 1 fully saturated rings. The van der Waals surface area contributed by atoms with Gasteiger partial charge in [0.1, 0.15) is 11.8 Å². The van der Waals surface area contributed by atoms with Gasteiger partial charge in [-0.25, -0.2) is 4.90 Å². The van der Waals surface area contributed by atoms with E-state index in [2.05, 4.69) is 0 Å². The van der Waals surface area contributed by atoms with Crippen molar-refractivity contribution >= 4 is 29.4 Å². The molecule has 2 aromatic carbocycles. The highest BCUT2D eigenvalue weighted by Gasteiger charge is 2.46. The Labute approximate surface area is 194 Å². The van der Waals surface area contributed by atoms with Crippen LogP contribution in [0.25, 0.3) is 0 Å². The number of rotatable bonds is 6. The average molecular weight is 451 g/mol. The summed E-state index contributed by atoms with van der Waals surface area (Å²) in [6.07, 6.45) is 0.164. The van der Waals surface area contributed by atoms with Crippen molar-refractivity contribution in [1.29, 1.82) is 0 Å². The number of anilines is 1. The van der Waals surface area contributed by atoms with Crippen LogP contribution in [0.1, 0.15) is 59.1 Å². The number of ether oxygens (including phenoxy) is 1. The van der Waals surface area contributed by atoms with Crippen LogP contribution in [0.5, 0.6) is 5.75 Å². The van der Waals surface area contributed by atoms with Gasteiger partial charge in [-0.3, -0.25) is 19.2 Å². The van der Waals surface area contributed by atoms with E-state index in [0.29, 0.717) is 11.4 Å². The number of nitrogens with zero attached hydrogens (tertiary/aromatic N) is 2. The summed E-state index contributed by atoms with van der Waals surface area (Å²) in [6.45, 7) is 9.08. The molecule has 2 aromatic rings. The molecule has 7 nitrogen and oxygen atoms in total. The number of carbonyl (C=O) groups is 4. The van der Waals surface area contributed by atoms with Crippen molar-refractivity contribution in [3.05, 3.63) is 60.2 Å². The molecule has 0 saturated carbocycles. The molecule has 0 bridgehead atoms. The first-order chi connectivity index (χ1) is 15.5. The van der Waals surface area contributed by atoms with Crippen molar-refractivity contribution in [2.75, 3.05) is 4.90 Å². The van der Waals surface area contributed by atoms with Gasteiger partial charge >= 0.3 is 5.97 Å². The van der Waals surface area contributed by atoms with Crippen LogP contribution in [-0.4, -0.2) is 34.6 Å². The molecule has 3 rings (SSSR count). The third-order valence-electron chi connectivity index (χ3n) is 5.48. The van der Waals surface area contributed by atoms with Crippen molar-refractivity contribution in [1.82, 2.24) is 4.90 Å². The second-order valence-corrected chi connectivity index (χ2v) is 9.50. The Morgan fingerprint density at radius 2 is 1.67 bits per heavy atom. The number of imide groups is 1. The standard InChI is InChI=1S/C26H30N2O5/c1-17(19-9-7-6-8-10-19)27(24(31)16-26(3,4)5)22-15-23(30)28(25(22)32)20-11-13-21(14-12-20)33-18(2)29/h6-14,17,22H,15-16H2,1-5H3. The highest BCUT2D eigenvalue weighted by atomic mass is 16.5. The predicted molar refractivity (Wildman–Crippen MR) is 124 cm³/mol. The topological polar surface area (TPSA) is 84.0 Å². The minimum Gasteiger partial charge on any atom is -0.427 e. The fourth-order valence-electron chi connectivity index (χ4n) is 4.03. The number of carbonyl (C=O) groups excluding carboxylic acids is 4. The fraction of sp³-hybridized carbons (Fsp3) is 0.385. The second kappa shape index (κ2) is 9.57. The van der Waals surface area contributed by atoms with Gasteiger partial charge in [-0.15, -0.1) is 0 Å². The maximum atomic E-state index is 13.5. The van der Waals surface area contributed by atoms with Crippen LogP contribution >= 0.6 is 0 Å². The number of hydrogen-bond acceptors (Lipinski definition) is 5. The number of hydrogen-bond donors (Lipinski definition) is 0. The van der Waals surface area contributed by atoms with Gasteiger partial charge in [-0.1, -0.05) is 51.1 Å². The normalized spacial score (nSPS) is 17.1. The summed E-state index contributed by atoms with van der Waals surface area (Å²) < 4.78 is 5.02. The van der Waals surface area contributed by atoms with Gasteiger partial charge < -0.3 is 9.64 Å². The zero-order valence-electron chi connectivity index (χ0n) is 19.7. The van der Waals surface area contributed by atoms with Crippen LogP contribution in [0.3, 0.4) is 0 Å². The average Bonchev–Trinajstić information content (AvgIpc) is 3.01. The molecule has 33 heavy (non-hydrogen) atoms. The molecular formula is C26H30N2O5. The maximum Gasteiger partial charge on any atom is 0.308 e. The van der Waals surface area contributed by atoms with Crippen molar-refractivity contribution < 1.29 is 23.9 Å². The number of benzene rings is 2. The molecule has 1 saturated heterocycles. The van der Waals surface area contributed by atoms with Gasteiger partial charge in [-0.05, 0) is 42.2 Å². The molecule has 3 amide bonds. The van der Waals surface area contributed by atoms with Crippen LogP contribution in [-0.2, 0) is 19.2 Å². The lowest BCUT2D eigenvalue weighted by molar-refractivity contribution is -0.142.